The quantitative estimate of drug-likeness (QED) is 0.470. The number of benzene rings is 1. The van der Waals surface area contributed by atoms with Crippen LogP contribution in [-0.2, 0) is 10.0 Å². The molecule has 3 rings (SSSR count). The Bertz CT molecular complexity index is 1230. The number of aromatic nitrogens is 2. The maximum Gasteiger partial charge on any atom is 0.354 e. The first-order chi connectivity index (χ1) is 14.4. The molecule has 6 nitrogen and oxygen atoms in total. The molecular weight excluding hydrogens is 450 g/mol. The predicted molar refractivity (Wildman–Crippen MR) is 130 cm³/mol. The van der Waals surface area contributed by atoms with E-state index in [0.717, 1.165) is 32.5 Å². The van der Waals surface area contributed by atoms with Gasteiger partial charge in [-0.3, -0.25) is 9.29 Å². The van der Waals surface area contributed by atoms with Crippen LogP contribution < -0.4 is 10.4 Å². The van der Waals surface area contributed by atoms with Gasteiger partial charge in [0.1, 0.15) is 5.69 Å². The van der Waals surface area contributed by atoms with Crippen LogP contribution in [0.3, 0.4) is 0 Å². The molecule has 1 aromatic carbocycles. The molecule has 9 heteroatoms. The van der Waals surface area contributed by atoms with Gasteiger partial charge < -0.3 is 0 Å². The van der Waals surface area contributed by atoms with Crippen LogP contribution in [0.4, 0.5) is 5.82 Å². The fraction of sp³-hybridized carbons (Fsp3) is 0.455. The number of imidazole rings is 1. The van der Waals surface area contributed by atoms with E-state index in [0.29, 0.717) is 22.7 Å². The Morgan fingerprint density at radius 1 is 1.13 bits per heavy atom. The number of nitrogens with one attached hydrogen (secondary N) is 1. The normalized spacial score (nSPS) is 12.1. The zero-order valence-corrected chi connectivity index (χ0v) is 21.4. The second-order valence-electron chi connectivity index (χ2n) is 8.32. The van der Waals surface area contributed by atoms with Gasteiger partial charge in [0.15, 0.2) is 5.82 Å². The number of nitrogens with zero attached hydrogens (tertiary/aromatic N) is 2. The van der Waals surface area contributed by atoms with E-state index in [1.165, 1.54) is 4.57 Å². The monoisotopic (exact) mass is 479 g/mol. The number of aryl methyl sites for hydroxylation is 4. The molecule has 0 saturated heterocycles. The molecule has 0 radical (unpaired) electrons. The molecule has 0 fully saturated rings. The molecule has 1 aromatic rings. The summed E-state index contributed by atoms with van der Waals surface area (Å²) in [5.74, 6) is 1.54. The van der Waals surface area contributed by atoms with Crippen LogP contribution in [0.15, 0.2) is 26.0 Å². The highest BCUT2D eigenvalue weighted by Crippen LogP contribution is 2.39. The molecule has 31 heavy (non-hydrogen) atoms. The zero-order chi connectivity index (χ0) is 23.1. The third kappa shape index (κ3) is 4.83. The van der Waals surface area contributed by atoms with E-state index in [1.54, 1.807) is 36.9 Å². The molecule has 0 aromatic heterocycles. The number of rotatable bonds is 7. The molecule has 1 N–H and O–H groups in total. The highest BCUT2D eigenvalue weighted by Gasteiger charge is 2.28. The maximum absolute atomic E-state index is 13.3. The van der Waals surface area contributed by atoms with Crippen LogP contribution in [0.25, 0.3) is 5.69 Å². The van der Waals surface area contributed by atoms with Gasteiger partial charge in [-0.1, -0.05) is 31.5 Å². The summed E-state index contributed by atoms with van der Waals surface area (Å²) in [6.07, 6.45) is 1.03. The first kappa shape index (κ1) is 23.8. The van der Waals surface area contributed by atoms with Crippen molar-refractivity contribution in [3.8, 4) is 5.69 Å². The Kier molecular flexibility index (Phi) is 6.88. The van der Waals surface area contributed by atoms with E-state index in [-0.39, 0.29) is 10.7 Å². The standard InChI is InChI=1S/C22H29N3O3S3/c1-12(2)8-9-29-21-18-20(23-22(26)25(18)16(6)17(7)30-21)24-31(27,28)19-14(4)10-13(3)11-15(19)5/h10-12H,8-9H2,1-7H3,(H,23,24,26). The summed E-state index contributed by atoms with van der Waals surface area (Å²) in [4.78, 5) is 18.1. The van der Waals surface area contributed by atoms with Gasteiger partial charge >= 0.3 is 5.69 Å². The molecule has 0 bridgehead atoms. The second kappa shape index (κ2) is 8.96. The Labute approximate surface area is 192 Å². The number of thioether (sulfide) groups is 1. The summed E-state index contributed by atoms with van der Waals surface area (Å²) in [7, 11) is -3.91. The van der Waals surface area contributed by atoms with Crippen molar-refractivity contribution < 1.29 is 8.42 Å². The van der Waals surface area contributed by atoms with Crippen molar-refractivity contribution in [3.05, 3.63) is 49.9 Å². The molecular formula is C22H29N3O3S3. The summed E-state index contributed by atoms with van der Waals surface area (Å²) in [5, 5.41) is 0. The van der Waals surface area contributed by atoms with E-state index in [9.17, 15) is 13.2 Å². The van der Waals surface area contributed by atoms with E-state index >= 15 is 0 Å². The fourth-order valence-corrected chi connectivity index (χ4v) is 7.87. The largest absolute Gasteiger partial charge is 0.354 e. The number of hydrogen-bond donors (Lipinski definition) is 1. The average molecular weight is 480 g/mol. The third-order valence-corrected chi connectivity index (χ3v) is 9.29. The van der Waals surface area contributed by atoms with Gasteiger partial charge in [0.25, 0.3) is 10.0 Å². The molecule has 0 aliphatic carbocycles. The van der Waals surface area contributed by atoms with Crippen molar-refractivity contribution in [2.45, 2.75) is 64.0 Å². The number of anilines is 1. The third-order valence-electron chi connectivity index (χ3n) is 5.16. The molecule has 0 atom stereocenters. The lowest BCUT2D eigenvalue weighted by Gasteiger charge is -2.17. The summed E-state index contributed by atoms with van der Waals surface area (Å²) < 4.78 is 31.7. The molecule has 168 valence electrons. The number of hydrogen-bond acceptors (Lipinski definition) is 6. The van der Waals surface area contributed by atoms with Crippen LogP contribution in [0.5, 0.6) is 0 Å². The van der Waals surface area contributed by atoms with Crippen LogP contribution in [0.1, 0.15) is 47.5 Å². The average Bonchev–Trinajstić information content (AvgIpc) is 2.93. The smallest absolute Gasteiger partial charge is 0.261 e. The Morgan fingerprint density at radius 2 is 1.74 bits per heavy atom. The van der Waals surface area contributed by atoms with Gasteiger partial charge in [0.05, 0.1) is 9.10 Å². The van der Waals surface area contributed by atoms with Crippen molar-refractivity contribution in [2.24, 2.45) is 5.92 Å². The summed E-state index contributed by atoms with van der Waals surface area (Å²) in [6.45, 7) is 13.7. The topological polar surface area (TPSA) is 81.1 Å². The van der Waals surface area contributed by atoms with E-state index in [4.69, 9.17) is 0 Å². The summed E-state index contributed by atoms with van der Waals surface area (Å²) in [6, 6.07) is 3.68. The first-order valence-electron chi connectivity index (χ1n) is 10.2. The SMILES string of the molecule is Cc1cc(C)c(S(=O)(=O)Nc2nc(=O)n3c(C)c(C)sc(SCCC(C)C)c2-3)c(C)c1. The first-order valence-corrected chi connectivity index (χ1v) is 13.5. The highest BCUT2D eigenvalue weighted by molar-refractivity contribution is 8.01. The zero-order valence-electron chi connectivity index (χ0n) is 19.0. The molecule has 0 spiro atoms. The number of sulfonamides is 1. The molecule has 0 amide bonds. The van der Waals surface area contributed by atoms with Gasteiger partial charge in [0, 0.05) is 10.6 Å². The molecule has 2 heterocycles. The van der Waals surface area contributed by atoms with Crippen molar-refractivity contribution in [1.82, 2.24) is 9.55 Å². The predicted octanol–water partition coefficient (Wildman–Crippen LogP) is 5.21. The van der Waals surface area contributed by atoms with Crippen LogP contribution in [0, 0.1) is 40.5 Å². The molecule has 0 unspecified atom stereocenters. The minimum absolute atomic E-state index is 0.0933. The van der Waals surface area contributed by atoms with Gasteiger partial charge in [-0.2, -0.15) is 4.98 Å². The van der Waals surface area contributed by atoms with Gasteiger partial charge in [0.2, 0.25) is 0 Å². The van der Waals surface area contributed by atoms with E-state index in [1.807, 2.05) is 32.9 Å². The van der Waals surface area contributed by atoms with Gasteiger partial charge in [-0.05, 0) is 63.8 Å². The van der Waals surface area contributed by atoms with E-state index in [2.05, 4.69) is 23.6 Å². The molecule has 2 aliphatic rings. The lowest BCUT2D eigenvalue weighted by molar-refractivity contribution is 0.600. The van der Waals surface area contributed by atoms with E-state index < -0.39 is 15.7 Å². The second-order valence-corrected chi connectivity index (χ2v) is 12.5. The summed E-state index contributed by atoms with van der Waals surface area (Å²) >= 11 is 3.21. The van der Waals surface area contributed by atoms with Gasteiger partial charge in [-0.25, -0.2) is 13.2 Å². The number of fused-ring (bicyclic) bond motifs is 1. The lowest BCUT2D eigenvalue weighted by Crippen LogP contribution is -2.17. The van der Waals surface area contributed by atoms with Gasteiger partial charge in [-0.15, -0.1) is 23.1 Å². The highest BCUT2D eigenvalue weighted by atomic mass is 32.2. The minimum Gasteiger partial charge on any atom is -0.261 e. The van der Waals surface area contributed by atoms with Crippen molar-refractivity contribution >= 4 is 38.9 Å². The minimum atomic E-state index is -3.91. The maximum atomic E-state index is 13.3. The molecule has 0 saturated carbocycles. The van der Waals surface area contributed by atoms with Crippen LogP contribution in [-0.4, -0.2) is 23.7 Å². The molecule has 2 aliphatic heterocycles. The summed E-state index contributed by atoms with van der Waals surface area (Å²) in [5.41, 5.74) is 3.18. The van der Waals surface area contributed by atoms with Crippen molar-refractivity contribution in [3.63, 3.8) is 0 Å². The fourth-order valence-electron chi connectivity index (χ4n) is 3.64. The Balaban J connectivity index is 2.12. The Hall–Kier alpha value is -1.84. The van der Waals surface area contributed by atoms with Crippen molar-refractivity contribution in [2.75, 3.05) is 10.5 Å². The van der Waals surface area contributed by atoms with Crippen molar-refractivity contribution in [1.29, 1.82) is 0 Å². The van der Waals surface area contributed by atoms with Crippen LogP contribution >= 0.6 is 23.1 Å². The lowest BCUT2D eigenvalue weighted by atomic mass is 10.1. The van der Waals surface area contributed by atoms with Crippen LogP contribution in [0.2, 0.25) is 0 Å². The Morgan fingerprint density at radius 3 is 2.32 bits per heavy atom.